The van der Waals surface area contributed by atoms with Crippen molar-refractivity contribution in [3.63, 3.8) is 0 Å². The van der Waals surface area contributed by atoms with E-state index in [-0.39, 0.29) is 16.8 Å². The third-order valence-electron chi connectivity index (χ3n) is 5.09. The molecule has 0 radical (unpaired) electrons. The van der Waals surface area contributed by atoms with Crippen LogP contribution in [0.5, 0.6) is 0 Å². The van der Waals surface area contributed by atoms with Crippen LogP contribution in [0.1, 0.15) is 28.4 Å². The van der Waals surface area contributed by atoms with Gasteiger partial charge >= 0.3 is 18.5 Å². The molecule has 0 saturated heterocycles. The molecule has 5 nitrogen and oxygen atoms in total. The zero-order chi connectivity index (χ0) is 31.5. The summed E-state index contributed by atoms with van der Waals surface area (Å²) in [5, 5.41) is 20.4. The van der Waals surface area contributed by atoms with Gasteiger partial charge in [-0.15, -0.1) is 12.8 Å². The first-order chi connectivity index (χ1) is 19.0. The Morgan fingerprint density at radius 2 is 1.56 bits per heavy atom. The summed E-state index contributed by atoms with van der Waals surface area (Å²) in [6.45, 7) is 2.08. The standard InChI is InChI=1S/C18H13ClF8N2O3.C7H8.C2H2/c19-9-1-2-11(28-6-9)12(29-15(32)13(30)14(31)18(25,26)27)7-3-8(5-10(20)4-7)17(23,24)16(21)22;1-7-5-3-2-4-6-7;1-2/h1-6,12-14,16,30-31H,(H,29,32);2-6H,1H3;1-2H/t12-,13?,14?;;/m0../s1. The fraction of sp³-hybridized carbons (Fsp3) is 0.259. The van der Waals surface area contributed by atoms with Gasteiger partial charge in [-0.1, -0.05) is 47.5 Å². The molecule has 3 N–H and O–H groups in total. The fourth-order valence-electron chi connectivity index (χ4n) is 3.07. The molecule has 0 saturated carbocycles. The molecule has 3 rings (SSSR count). The molecule has 1 aromatic heterocycles. The average molecular weight is 611 g/mol. The molecule has 0 fully saturated rings. The molecule has 0 spiro atoms. The number of terminal acetylenes is 1. The van der Waals surface area contributed by atoms with E-state index in [4.69, 9.17) is 16.7 Å². The van der Waals surface area contributed by atoms with Crippen molar-refractivity contribution in [2.24, 2.45) is 0 Å². The zero-order valence-electron chi connectivity index (χ0n) is 21.0. The predicted molar refractivity (Wildman–Crippen MR) is 135 cm³/mol. The first kappa shape index (κ1) is 35.3. The maximum absolute atomic E-state index is 14.0. The highest BCUT2D eigenvalue weighted by atomic mass is 35.5. The van der Waals surface area contributed by atoms with Crippen LogP contribution in [-0.2, 0) is 10.7 Å². The lowest BCUT2D eigenvalue weighted by Gasteiger charge is -2.25. The van der Waals surface area contributed by atoms with E-state index in [1.165, 1.54) is 11.6 Å². The highest BCUT2D eigenvalue weighted by Crippen LogP contribution is 2.37. The second kappa shape index (κ2) is 15.3. The molecule has 3 atom stereocenters. The third-order valence-corrected chi connectivity index (χ3v) is 5.31. The molecule has 0 aliphatic rings. The van der Waals surface area contributed by atoms with E-state index in [1.54, 1.807) is 5.32 Å². The predicted octanol–water partition coefficient (Wildman–Crippen LogP) is 5.97. The van der Waals surface area contributed by atoms with Crippen molar-refractivity contribution >= 4 is 17.5 Å². The molecule has 222 valence electrons. The van der Waals surface area contributed by atoms with Crippen LogP contribution in [0, 0.1) is 25.6 Å². The van der Waals surface area contributed by atoms with Gasteiger partial charge in [0.25, 0.3) is 5.91 Å². The molecule has 2 unspecified atom stereocenters. The highest BCUT2D eigenvalue weighted by Gasteiger charge is 2.47. The number of alkyl halides is 7. The highest BCUT2D eigenvalue weighted by molar-refractivity contribution is 6.30. The van der Waals surface area contributed by atoms with E-state index in [1.807, 2.05) is 18.2 Å². The summed E-state index contributed by atoms with van der Waals surface area (Å²) >= 11 is 5.67. The summed E-state index contributed by atoms with van der Waals surface area (Å²) < 4.78 is 105. The molecular weight excluding hydrogens is 588 g/mol. The van der Waals surface area contributed by atoms with E-state index < -0.39 is 59.6 Å². The van der Waals surface area contributed by atoms with Gasteiger partial charge < -0.3 is 15.5 Å². The maximum Gasteiger partial charge on any atom is 0.417 e. The molecule has 1 heterocycles. The van der Waals surface area contributed by atoms with Gasteiger partial charge in [-0.3, -0.25) is 9.78 Å². The summed E-state index contributed by atoms with van der Waals surface area (Å²) in [5.74, 6) is -8.06. The summed E-state index contributed by atoms with van der Waals surface area (Å²) in [6.07, 6.45) is -7.18. The summed E-state index contributed by atoms with van der Waals surface area (Å²) in [5.41, 5.74) is -1.06. The number of nitrogens with zero attached hydrogens (tertiary/aromatic N) is 1. The van der Waals surface area contributed by atoms with Crippen molar-refractivity contribution in [2.45, 2.75) is 43.7 Å². The van der Waals surface area contributed by atoms with E-state index in [0.717, 1.165) is 12.3 Å². The van der Waals surface area contributed by atoms with Gasteiger partial charge in [-0.05, 0) is 42.8 Å². The smallest absolute Gasteiger partial charge is 0.381 e. The summed E-state index contributed by atoms with van der Waals surface area (Å²) in [6, 6.07) is 11.8. The fourth-order valence-corrected chi connectivity index (χ4v) is 3.18. The van der Waals surface area contributed by atoms with Crippen LogP contribution in [0.15, 0.2) is 66.9 Å². The number of aliphatic hydroxyl groups excluding tert-OH is 2. The van der Waals surface area contributed by atoms with Gasteiger partial charge in [-0.25, -0.2) is 13.2 Å². The SMILES string of the molecule is C#C.Cc1ccccc1.O=C(N[C@@H](c1cc(F)cc(C(F)(F)C(F)F)c1)c1ccc(Cl)cn1)C(O)C(O)C(F)(F)F. The first-order valence-electron chi connectivity index (χ1n) is 11.2. The second-order valence-electron chi connectivity index (χ2n) is 8.13. The number of aromatic nitrogens is 1. The minimum atomic E-state index is -5.39. The molecule has 2 aromatic carbocycles. The minimum Gasteiger partial charge on any atom is -0.381 e. The van der Waals surface area contributed by atoms with Crippen LogP contribution in [0.25, 0.3) is 0 Å². The van der Waals surface area contributed by atoms with E-state index in [2.05, 4.69) is 36.9 Å². The Hall–Kier alpha value is -3.73. The van der Waals surface area contributed by atoms with Gasteiger partial charge in [0, 0.05) is 11.8 Å². The van der Waals surface area contributed by atoms with E-state index in [0.29, 0.717) is 12.1 Å². The Morgan fingerprint density at radius 3 is 2.00 bits per heavy atom. The lowest BCUT2D eigenvalue weighted by Crippen LogP contribution is -2.49. The molecular formula is C27H23ClF8N2O3. The number of benzene rings is 2. The Labute approximate surface area is 234 Å². The normalized spacial score (nSPS) is 13.5. The number of hydrogen-bond donors (Lipinski definition) is 3. The molecule has 1 amide bonds. The van der Waals surface area contributed by atoms with Crippen molar-refractivity contribution in [3.8, 4) is 12.8 Å². The summed E-state index contributed by atoms with van der Waals surface area (Å²) in [4.78, 5) is 15.8. The number of nitrogens with one attached hydrogen (secondary N) is 1. The Kier molecular flexibility index (Phi) is 13.2. The number of carbonyl (C=O) groups excluding carboxylic acids is 1. The molecule has 41 heavy (non-hydrogen) atoms. The zero-order valence-corrected chi connectivity index (χ0v) is 21.7. The van der Waals surface area contributed by atoms with Crippen molar-refractivity contribution in [1.82, 2.24) is 10.3 Å². The van der Waals surface area contributed by atoms with E-state index in [9.17, 15) is 45.0 Å². The number of hydrogen-bond acceptors (Lipinski definition) is 4. The van der Waals surface area contributed by atoms with Crippen LogP contribution in [0.3, 0.4) is 0 Å². The number of halogens is 9. The van der Waals surface area contributed by atoms with Crippen LogP contribution >= 0.6 is 11.6 Å². The van der Waals surface area contributed by atoms with Gasteiger partial charge in [0.2, 0.25) is 0 Å². The lowest BCUT2D eigenvalue weighted by atomic mass is 9.97. The molecule has 14 heteroatoms. The topological polar surface area (TPSA) is 82.5 Å². The second-order valence-corrected chi connectivity index (χ2v) is 8.56. The van der Waals surface area contributed by atoms with Crippen LogP contribution in [0.2, 0.25) is 5.02 Å². The van der Waals surface area contributed by atoms with Gasteiger partial charge in [0.05, 0.1) is 16.8 Å². The molecule has 0 aliphatic heterocycles. The quantitative estimate of drug-likeness (QED) is 0.228. The summed E-state index contributed by atoms with van der Waals surface area (Å²) in [7, 11) is 0. The molecule has 0 aliphatic carbocycles. The van der Waals surface area contributed by atoms with Crippen molar-refractivity contribution in [3.05, 3.63) is 100 Å². The number of amides is 1. The number of rotatable bonds is 7. The van der Waals surface area contributed by atoms with Gasteiger partial charge in [0.1, 0.15) is 5.82 Å². The van der Waals surface area contributed by atoms with Crippen LogP contribution < -0.4 is 5.32 Å². The average Bonchev–Trinajstić information content (AvgIpc) is 2.92. The maximum atomic E-state index is 14.0. The Morgan fingerprint density at radius 1 is 0.976 bits per heavy atom. The largest absolute Gasteiger partial charge is 0.417 e. The van der Waals surface area contributed by atoms with Gasteiger partial charge in [0.15, 0.2) is 12.2 Å². The number of aliphatic hydroxyl groups is 2. The number of pyridine rings is 1. The Bertz CT molecular complexity index is 1270. The van der Waals surface area contributed by atoms with E-state index >= 15 is 0 Å². The van der Waals surface area contributed by atoms with Crippen molar-refractivity contribution in [1.29, 1.82) is 0 Å². The van der Waals surface area contributed by atoms with Crippen molar-refractivity contribution in [2.75, 3.05) is 0 Å². The monoisotopic (exact) mass is 610 g/mol. The van der Waals surface area contributed by atoms with Crippen LogP contribution in [0.4, 0.5) is 35.1 Å². The third kappa shape index (κ3) is 10.3. The Balaban J connectivity index is 0.000000799. The minimum absolute atomic E-state index is 0.0514. The lowest BCUT2D eigenvalue weighted by molar-refractivity contribution is -0.229. The molecule has 3 aromatic rings. The van der Waals surface area contributed by atoms with Crippen molar-refractivity contribution < 1.29 is 50.1 Å². The first-order valence-corrected chi connectivity index (χ1v) is 11.6. The van der Waals surface area contributed by atoms with Gasteiger partial charge in [-0.2, -0.15) is 22.0 Å². The number of carbonyl (C=O) groups is 1. The molecule has 0 bridgehead atoms. The number of aryl methyl sites for hydroxylation is 1. The van der Waals surface area contributed by atoms with Crippen LogP contribution in [-0.4, -0.2) is 45.9 Å².